The Hall–Kier alpha value is -2.50. The van der Waals surface area contributed by atoms with Crippen molar-refractivity contribution in [3.8, 4) is 23.0 Å². The van der Waals surface area contributed by atoms with Crippen LogP contribution in [0.1, 0.15) is 23.2 Å². The van der Waals surface area contributed by atoms with Crippen molar-refractivity contribution in [2.45, 2.75) is 13.8 Å². The highest BCUT2D eigenvalue weighted by atomic mass is 16.5. The number of carbonyl (C=O) groups is 1. The summed E-state index contributed by atoms with van der Waals surface area (Å²) < 4.78 is 20.8. The summed E-state index contributed by atoms with van der Waals surface area (Å²) >= 11 is 0. The molecule has 1 aromatic carbocycles. The monoisotopic (exact) mass is 291 g/mol. The van der Waals surface area contributed by atoms with Crippen molar-refractivity contribution >= 4 is 5.97 Å². The van der Waals surface area contributed by atoms with E-state index in [1.807, 2.05) is 0 Å². The predicted molar refractivity (Wildman–Crippen MR) is 75.7 cm³/mol. The highest BCUT2D eigenvalue weighted by Gasteiger charge is 2.20. The van der Waals surface area contributed by atoms with E-state index in [2.05, 4.69) is 4.98 Å². The van der Waals surface area contributed by atoms with Crippen molar-refractivity contribution in [3.05, 3.63) is 29.7 Å². The Morgan fingerprint density at radius 2 is 1.95 bits per heavy atom. The van der Waals surface area contributed by atoms with Gasteiger partial charge in [0.15, 0.2) is 11.5 Å². The summed E-state index contributed by atoms with van der Waals surface area (Å²) in [6.45, 7) is 3.71. The average Bonchev–Trinajstić information content (AvgIpc) is 2.88. The molecule has 0 saturated heterocycles. The van der Waals surface area contributed by atoms with Crippen LogP contribution in [0.3, 0.4) is 0 Å². The summed E-state index contributed by atoms with van der Waals surface area (Å²) in [5.41, 5.74) is 1.17. The van der Waals surface area contributed by atoms with E-state index < -0.39 is 5.97 Å². The van der Waals surface area contributed by atoms with Gasteiger partial charge >= 0.3 is 5.97 Å². The Morgan fingerprint density at radius 1 is 1.24 bits per heavy atom. The van der Waals surface area contributed by atoms with Gasteiger partial charge in [-0.05, 0) is 32.0 Å². The second-order valence-electron chi connectivity index (χ2n) is 4.22. The van der Waals surface area contributed by atoms with Gasteiger partial charge < -0.3 is 18.6 Å². The van der Waals surface area contributed by atoms with Crippen LogP contribution in [0.15, 0.2) is 22.6 Å². The molecule has 0 fully saturated rings. The molecule has 6 heteroatoms. The molecule has 0 radical (unpaired) electrons. The number of hydrogen-bond donors (Lipinski definition) is 0. The molecule has 0 aliphatic carbocycles. The van der Waals surface area contributed by atoms with Crippen LogP contribution in [-0.4, -0.2) is 31.8 Å². The zero-order valence-corrected chi connectivity index (χ0v) is 12.4. The maximum atomic E-state index is 11.7. The number of nitrogens with zero attached hydrogens (tertiary/aromatic N) is 1. The minimum Gasteiger partial charge on any atom is -0.493 e. The minimum atomic E-state index is -0.519. The number of rotatable bonds is 5. The van der Waals surface area contributed by atoms with E-state index in [1.165, 1.54) is 0 Å². The SMILES string of the molecule is CCOC(=O)c1oc(-c2ccc(OC)c(OC)c2)nc1C. The number of carbonyl (C=O) groups excluding carboxylic acids is 1. The summed E-state index contributed by atoms with van der Waals surface area (Å²) in [6.07, 6.45) is 0. The fourth-order valence-electron chi connectivity index (χ4n) is 1.88. The van der Waals surface area contributed by atoms with Gasteiger partial charge in [-0.3, -0.25) is 0 Å². The minimum absolute atomic E-state index is 0.113. The topological polar surface area (TPSA) is 70.8 Å². The number of aryl methyl sites for hydroxylation is 1. The second kappa shape index (κ2) is 6.30. The Bertz CT molecular complexity index is 648. The lowest BCUT2D eigenvalue weighted by atomic mass is 10.2. The van der Waals surface area contributed by atoms with Gasteiger partial charge in [0.1, 0.15) is 0 Å². The van der Waals surface area contributed by atoms with Crippen molar-refractivity contribution in [2.24, 2.45) is 0 Å². The summed E-state index contributed by atoms with van der Waals surface area (Å²) in [5.74, 6) is 1.09. The number of aromatic nitrogens is 1. The summed E-state index contributed by atoms with van der Waals surface area (Å²) in [6, 6.07) is 5.26. The van der Waals surface area contributed by atoms with Crippen molar-refractivity contribution < 1.29 is 23.4 Å². The highest BCUT2D eigenvalue weighted by Crippen LogP contribution is 2.32. The van der Waals surface area contributed by atoms with E-state index in [0.29, 0.717) is 28.6 Å². The molecular formula is C15H17NO5. The third kappa shape index (κ3) is 2.99. The smallest absolute Gasteiger partial charge is 0.376 e. The third-order valence-corrected chi connectivity index (χ3v) is 2.89. The van der Waals surface area contributed by atoms with Crippen molar-refractivity contribution in [1.29, 1.82) is 0 Å². The van der Waals surface area contributed by atoms with Gasteiger partial charge in [-0.1, -0.05) is 0 Å². The van der Waals surface area contributed by atoms with Crippen LogP contribution in [0, 0.1) is 6.92 Å². The molecule has 6 nitrogen and oxygen atoms in total. The molecule has 0 atom stereocenters. The van der Waals surface area contributed by atoms with Crippen molar-refractivity contribution in [2.75, 3.05) is 20.8 Å². The zero-order valence-electron chi connectivity index (χ0n) is 12.4. The number of esters is 1. The molecule has 21 heavy (non-hydrogen) atoms. The van der Waals surface area contributed by atoms with Crippen LogP contribution in [-0.2, 0) is 4.74 Å². The Morgan fingerprint density at radius 3 is 2.57 bits per heavy atom. The summed E-state index contributed by atoms with van der Waals surface area (Å²) in [7, 11) is 3.11. The lowest BCUT2D eigenvalue weighted by molar-refractivity contribution is 0.0490. The molecule has 0 N–H and O–H groups in total. The molecule has 2 aromatic rings. The first-order valence-electron chi connectivity index (χ1n) is 6.47. The van der Waals surface area contributed by atoms with Crippen LogP contribution in [0.5, 0.6) is 11.5 Å². The fraction of sp³-hybridized carbons (Fsp3) is 0.333. The quantitative estimate of drug-likeness (QED) is 0.789. The number of ether oxygens (including phenoxy) is 3. The lowest BCUT2D eigenvalue weighted by Gasteiger charge is -2.07. The highest BCUT2D eigenvalue weighted by molar-refractivity contribution is 5.88. The van der Waals surface area contributed by atoms with E-state index in [9.17, 15) is 4.79 Å². The Balaban J connectivity index is 2.39. The lowest BCUT2D eigenvalue weighted by Crippen LogP contribution is -2.04. The van der Waals surface area contributed by atoms with Gasteiger partial charge in [0.05, 0.1) is 26.5 Å². The normalized spacial score (nSPS) is 10.3. The van der Waals surface area contributed by atoms with Crippen LogP contribution in [0.2, 0.25) is 0 Å². The molecule has 0 bridgehead atoms. The predicted octanol–water partition coefficient (Wildman–Crippen LogP) is 2.84. The summed E-state index contributed by atoms with van der Waals surface area (Å²) in [4.78, 5) is 16.0. The van der Waals surface area contributed by atoms with Gasteiger partial charge in [-0.15, -0.1) is 0 Å². The van der Waals surface area contributed by atoms with Crippen LogP contribution >= 0.6 is 0 Å². The van der Waals surface area contributed by atoms with Crippen molar-refractivity contribution in [3.63, 3.8) is 0 Å². The van der Waals surface area contributed by atoms with Gasteiger partial charge in [0.2, 0.25) is 11.7 Å². The molecule has 2 rings (SSSR count). The molecule has 0 amide bonds. The number of oxazole rings is 1. The molecule has 0 spiro atoms. The van der Waals surface area contributed by atoms with Crippen LogP contribution in [0.25, 0.3) is 11.5 Å². The Labute approximate surface area is 122 Å². The first kappa shape index (κ1) is 14.9. The molecule has 0 unspecified atom stereocenters. The molecule has 1 aromatic heterocycles. The van der Waals surface area contributed by atoms with E-state index in [1.54, 1.807) is 46.3 Å². The van der Waals surface area contributed by atoms with Gasteiger partial charge in [0, 0.05) is 5.56 Å². The van der Waals surface area contributed by atoms with E-state index >= 15 is 0 Å². The maximum Gasteiger partial charge on any atom is 0.376 e. The van der Waals surface area contributed by atoms with Crippen LogP contribution < -0.4 is 9.47 Å². The molecule has 112 valence electrons. The zero-order chi connectivity index (χ0) is 15.4. The average molecular weight is 291 g/mol. The second-order valence-corrected chi connectivity index (χ2v) is 4.22. The van der Waals surface area contributed by atoms with Gasteiger partial charge in [-0.25, -0.2) is 9.78 Å². The number of methoxy groups -OCH3 is 2. The Kier molecular flexibility index (Phi) is 4.47. The summed E-state index contributed by atoms with van der Waals surface area (Å²) in [5, 5.41) is 0. The fourth-order valence-corrected chi connectivity index (χ4v) is 1.88. The van der Waals surface area contributed by atoms with Crippen LogP contribution in [0.4, 0.5) is 0 Å². The van der Waals surface area contributed by atoms with Gasteiger partial charge in [0.25, 0.3) is 0 Å². The molecule has 0 saturated carbocycles. The number of hydrogen-bond acceptors (Lipinski definition) is 6. The number of benzene rings is 1. The molecule has 0 aliphatic rings. The first-order valence-corrected chi connectivity index (χ1v) is 6.47. The largest absolute Gasteiger partial charge is 0.493 e. The standard InChI is InChI=1S/C15H17NO5/c1-5-20-15(17)13-9(2)16-14(21-13)10-6-7-11(18-3)12(8-10)19-4/h6-8H,5H2,1-4H3. The van der Waals surface area contributed by atoms with Gasteiger partial charge in [-0.2, -0.15) is 0 Å². The maximum absolute atomic E-state index is 11.7. The third-order valence-electron chi connectivity index (χ3n) is 2.89. The van der Waals surface area contributed by atoms with E-state index in [-0.39, 0.29) is 12.4 Å². The molecular weight excluding hydrogens is 274 g/mol. The first-order chi connectivity index (χ1) is 10.1. The van der Waals surface area contributed by atoms with Crippen molar-refractivity contribution in [1.82, 2.24) is 4.98 Å². The molecule has 1 heterocycles. The van der Waals surface area contributed by atoms with E-state index in [0.717, 1.165) is 0 Å². The van der Waals surface area contributed by atoms with E-state index in [4.69, 9.17) is 18.6 Å². The molecule has 0 aliphatic heterocycles.